The molecule has 90 valence electrons. The maximum atomic E-state index is 9.01. The number of ether oxygens (including phenoxy) is 1. The molecule has 0 spiro atoms. The van der Waals surface area contributed by atoms with Gasteiger partial charge in [-0.25, -0.2) is 0 Å². The van der Waals surface area contributed by atoms with E-state index >= 15 is 0 Å². The van der Waals surface area contributed by atoms with E-state index in [2.05, 4.69) is 6.07 Å². The summed E-state index contributed by atoms with van der Waals surface area (Å²) in [7, 11) is 0. The molecule has 1 aliphatic carbocycles. The summed E-state index contributed by atoms with van der Waals surface area (Å²) < 4.78 is 5.84. The molecule has 17 heavy (non-hydrogen) atoms. The summed E-state index contributed by atoms with van der Waals surface area (Å²) in [4.78, 5) is 0. The summed E-state index contributed by atoms with van der Waals surface area (Å²) in [5.41, 5.74) is 6.33. The molecular formula is C13H15ClN2O. The van der Waals surface area contributed by atoms with Gasteiger partial charge in [0.05, 0.1) is 11.7 Å². The molecule has 4 heteroatoms. The summed E-state index contributed by atoms with van der Waals surface area (Å²) in [6.45, 7) is 0. The Hall–Kier alpha value is -1.24. The lowest BCUT2D eigenvalue weighted by Gasteiger charge is -2.27. The summed E-state index contributed by atoms with van der Waals surface area (Å²) >= 11 is 5.83. The van der Waals surface area contributed by atoms with Gasteiger partial charge in [-0.2, -0.15) is 5.26 Å². The number of nitrogens with zero attached hydrogens (tertiary/aromatic N) is 1. The minimum absolute atomic E-state index is 0.170. The van der Waals surface area contributed by atoms with Crippen molar-refractivity contribution >= 4 is 11.6 Å². The maximum absolute atomic E-state index is 9.01. The quantitative estimate of drug-likeness (QED) is 0.878. The van der Waals surface area contributed by atoms with E-state index in [0.717, 1.165) is 25.7 Å². The zero-order chi connectivity index (χ0) is 12.3. The fourth-order valence-electron chi connectivity index (χ4n) is 2.08. The summed E-state index contributed by atoms with van der Waals surface area (Å²) in [6.07, 6.45) is 4.05. The average molecular weight is 251 g/mol. The Labute approximate surface area is 106 Å². The molecule has 1 aromatic carbocycles. The van der Waals surface area contributed by atoms with Crippen LogP contribution in [0.15, 0.2) is 18.2 Å². The third-order valence-electron chi connectivity index (χ3n) is 3.07. The van der Waals surface area contributed by atoms with Crippen LogP contribution in [0.2, 0.25) is 5.02 Å². The van der Waals surface area contributed by atoms with Gasteiger partial charge in [0.1, 0.15) is 11.8 Å². The highest BCUT2D eigenvalue weighted by Crippen LogP contribution is 2.27. The first-order chi connectivity index (χ1) is 8.19. The second-order valence-electron chi connectivity index (χ2n) is 4.41. The Morgan fingerprint density at radius 1 is 1.29 bits per heavy atom. The van der Waals surface area contributed by atoms with Crippen LogP contribution < -0.4 is 10.5 Å². The van der Waals surface area contributed by atoms with Crippen LogP contribution in [0, 0.1) is 11.3 Å². The molecule has 3 nitrogen and oxygen atoms in total. The first-order valence-corrected chi connectivity index (χ1v) is 6.18. The predicted molar refractivity (Wildman–Crippen MR) is 67.0 cm³/mol. The van der Waals surface area contributed by atoms with Crippen LogP contribution in [0.25, 0.3) is 0 Å². The molecule has 0 saturated heterocycles. The molecular weight excluding hydrogens is 236 g/mol. The van der Waals surface area contributed by atoms with Crippen LogP contribution in [0.1, 0.15) is 31.2 Å². The van der Waals surface area contributed by atoms with Crippen molar-refractivity contribution in [1.82, 2.24) is 0 Å². The van der Waals surface area contributed by atoms with E-state index in [1.54, 1.807) is 18.2 Å². The van der Waals surface area contributed by atoms with E-state index in [0.29, 0.717) is 22.4 Å². The average Bonchev–Trinajstić information content (AvgIpc) is 2.34. The molecule has 0 amide bonds. The van der Waals surface area contributed by atoms with Crippen LogP contribution in [0.4, 0.5) is 0 Å². The molecule has 2 rings (SSSR count). The van der Waals surface area contributed by atoms with Crippen molar-refractivity contribution in [2.75, 3.05) is 0 Å². The third-order valence-corrected chi connectivity index (χ3v) is 3.31. The monoisotopic (exact) mass is 250 g/mol. The lowest BCUT2D eigenvalue weighted by Crippen LogP contribution is -2.31. The van der Waals surface area contributed by atoms with Gasteiger partial charge < -0.3 is 10.5 Å². The van der Waals surface area contributed by atoms with E-state index in [4.69, 9.17) is 27.3 Å². The van der Waals surface area contributed by atoms with Crippen LogP contribution in [-0.2, 0) is 0 Å². The van der Waals surface area contributed by atoms with Gasteiger partial charge in [-0.1, -0.05) is 11.6 Å². The smallest absolute Gasteiger partial charge is 0.137 e. The van der Waals surface area contributed by atoms with Crippen molar-refractivity contribution in [2.45, 2.75) is 37.8 Å². The van der Waals surface area contributed by atoms with Gasteiger partial charge in [0, 0.05) is 11.1 Å². The van der Waals surface area contributed by atoms with Crippen molar-refractivity contribution in [3.63, 3.8) is 0 Å². The van der Waals surface area contributed by atoms with Gasteiger partial charge in [-0.3, -0.25) is 0 Å². The zero-order valence-electron chi connectivity index (χ0n) is 9.53. The molecule has 2 N–H and O–H groups in total. The molecule has 1 aromatic rings. The van der Waals surface area contributed by atoms with Gasteiger partial charge in [-0.15, -0.1) is 0 Å². The molecule has 0 aromatic heterocycles. The van der Waals surface area contributed by atoms with Gasteiger partial charge in [0.2, 0.25) is 0 Å². The number of rotatable bonds is 2. The van der Waals surface area contributed by atoms with Gasteiger partial charge in [-0.05, 0) is 43.9 Å². The highest BCUT2D eigenvalue weighted by Gasteiger charge is 2.20. The normalized spacial score (nSPS) is 24.1. The number of benzene rings is 1. The fraction of sp³-hybridized carbons (Fsp3) is 0.462. The van der Waals surface area contributed by atoms with Gasteiger partial charge >= 0.3 is 0 Å². The summed E-state index contributed by atoms with van der Waals surface area (Å²) in [5.74, 6) is 0.623. The summed E-state index contributed by atoms with van der Waals surface area (Å²) in [5, 5.41) is 9.56. The largest absolute Gasteiger partial charge is 0.489 e. The van der Waals surface area contributed by atoms with Crippen molar-refractivity contribution in [1.29, 1.82) is 5.26 Å². The van der Waals surface area contributed by atoms with E-state index in [-0.39, 0.29) is 6.10 Å². The van der Waals surface area contributed by atoms with Crippen molar-refractivity contribution in [3.8, 4) is 11.8 Å². The zero-order valence-corrected chi connectivity index (χ0v) is 10.3. The minimum Gasteiger partial charge on any atom is -0.489 e. The Bertz CT molecular complexity index is 434. The molecule has 0 unspecified atom stereocenters. The first kappa shape index (κ1) is 12.2. The van der Waals surface area contributed by atoms with Crippen molar-refractivity contribution in [2.24, 2.45) is 5.73 Å². The molecule has 1 aliphatic rings. The molecule has 1 fully saturated rings. The number of nitrogens with two attached hydrogens (primary N) is 1. The van der Waals surface area contributed by atoms with E-state index in [1.165, 1.54) is 0 Å². The maximum Gasteiger partial charge on any atom is 0.137 e. The summed E-state index contributed by atoms with van der Waals surface area (Å²) in [6, 6.07) is 7.53. The molecule has 0 heterocycles. The van der Waals surface area contributed by atoms with E-state index < -0.39 is 0 Å². The number of hydrogen-bond acceptors (Lipinski definition) is 3. The number of halogens is 1. The Morgan fingerprint density at radius 2 is 2.00 bits per heavy atom. The Kier molecular flexibility index (Phi) is 3.88. The Balaban J connectivity index is 2.06. The van der Waals surface area contributed by atoms with Gasteiger partial charge in [0.25, 0.3) is 0 Å². The molecule has 0 aliphatic heterocycles. The molecule has 1 saturated carbocycles. The second-order valence-corrected chi connectivity index (χ2v) is 4.84. The van der Waals surface area contributed by atoms with Crippen molar-refractivity contribution < 1.29 is 4.74 Å². The third kappa shape index (κ3) is 3.12. The lowest BCUT2D eigenvalue weighted by atomic mass is 9.93. The number of hydrogen-bond donors (Lipinski definition) is 1. The molecule has 0 atom stereocenters. The van der Waals surface area contributed by atoms with Crippen LogP contribution >= 0.6 is 11.6 Å². The van der Waals surface area contributed by atoms with Gasteiger partial charge in [0.15, 0.2) is 0 Å². The predicted octanol–water partition coefficient (Wildman–Crippen LogP) is 2.86. The molecule has 0 bridgehead atoms. The first-order valence-electron chi connectivity index (χ1n) is 5.81. The highest BCUT2D eigenvalue weighted by molar-refractivity contribution is 6.30. The van der Waals surface area contributed by atoms with Crippen LogP contribution in [0.3, 0.4) is 0 Å². The van der Waals surface area contributed by atoms with Crippen LogP contribution in [-0.4, -0.2) is 12.1 Å². The lowest BCUT2D eigenvalue weighted by molar-refractivity contribution is 0.147. The molecule has 0 radical (unpaired) electrons. The topological polar surface area (TPSA) is 59.0 Å². The Morgan fingerprint density at radius 3 is 2.65 bits per heavy atom. The highest BCUT2D eigenvalue weighted by atomic mass is 35.5. The number of nitriles is 1. The van der Waals surface area contributed by atoms with Crippen LogP contribution in [0.5, 0.6) is 5.75 Å². The van der Waals surface area contributed by atoms with Crippen molar-refractivity contribution in [3.05, 3.63) is 28.8 Å². The standard InChI is InChI=1S/C13H15ClN2O/c14-10-1-6-13(9(7-10)8-15)17-12-4-2-11(16)3-5-12/h1,6-7,11-12H,2-5,16H2. The second kappa shape index (κ2) is 5.39. The SMILES string of the molecule is N#Cc1cc(Cl)ccc1OC1CCC(N)CC1. The van der Waals surface area contributed by atoms with E-state index in [9.17, 15) is 0 Å². The fourth-order valence-corrected chi connectivity index (χ4v) is 2.25. The van der Waals surface area contributed by atoms with E-state index in [1.807, 2.05) is 0 Å². The minimum atomic E-state index is 0.170.